The van der Waals surface area contributed by atoms with Crippen LogP contribution in [0.1, 0.15) is 25.3 Å². The molecule has 0 radical (unpaired) electrons. The fraction of sp³-hybridized carbons (Fsp3) is 0.294. The Kier molecular flexibility index (Phi) is 5.48. The fourth-order valence-corrected chi connectivity index (χ4v) is 2.39. The van der Waals surface area contributed by atoms with Crippen molar-refractivity contribution < 1.29 is 4.74 Å². The number of nitrogens with one attached hydrogen (secondary N) is 1. The lowest BCUT2D eigenvalue weighted by atomic mass is 10.0. The van der Waals surface area contributed by atoms with E-state index < -0.39 is 0 Å². The summed E-state index contributed by atoms with van der Waals surface area (Å²) < 4.78 is 6.99. The van der Waals surface area contributed by atoms with Gasteiger partial charge >= 0.3 is 0 Å². The maximum Gasteiger partial charge on any atom is 0.122 e. The van der Waals surface area contributed by atoms with Crippen LogP contribution in [0.2, 0.25) is 0 Å². The van der Waals surface area contributed by atoms with E-state index in [0.717, 1.165) is 22.5 Å². The summed E-state index contributed by atoms with van der Waals surface area (Å²) in [6.45, 7) is 5.79. The largest absolute Gasteiger partial charge is 0.491 e. The normalized spacial score (nSPS) is 10.6. The molecular weight excluding hydrogens is 314 g/mol. The molecule has 2 nitrogen and oxygen atoms in total. The van der Waals surface area contributed by atoms with Crippen LogP contribution in [0.25, 0.3) is 0 Å². The van der Waals surface area contributed by atoms with E-state index in [1.807, 2.05) is 30.3 Å². The first-order chi connectivity index (χ1) is 9.66. The van der Waals surface area contributed by atoms with Crippen molar-refractivity contribution >= 4 is 21.6 Å². The van der Waals surface area contributed by atoms with E-state index in [4.69, 9.17) is 4.74 Å². The summed E-state index contributed by atoms with van der Waals surface area (Å²) in [5.74, 6) is 1.42. The van der Waals surface area contributed by atoms with Gasteiger partial charge in [-0.25, -0.2) is 0 Å². The highest BCUT2D eigenvalue weighted by atomic mass is 79.9. The van der Waals surface area contributed by atoms with Crippen molar-refractivity contribution in [2.45, 2.75) is 19.8 Å². The summed E-state index contributed by atoms with van der Waals surface area (Å²) in [6.07, 6.45) is 0. The number of halogens is 1. The molecule has 0 aromatic heterocycles. The second-order valence-electron chi connectivity index (χ2n) is 4.98. The van der Waals surface area contributed by atoms with Crippen LogP contribution in [0.5, 0.6) is 5.75 Å². The second kappa shape index (κ2) is 7.34. The van der Waals surface area contributed by atoms with Crippen LogP contribution < -0.4 is 10.1 Å². The molecule has 20 heavy (non-hydrogen) atoms. The molecule has 0 bridgehead atoms. The van der Waals surface area contributed by atoms with Crippen molar-refractivity contribution in [2.24, 2.45) is 0 Å². The highest BCUT2D eigenvalue weighted by molar-refractivity contribution is 9.10. The van der Waals surface area contributed by atoms with E-state index in [1.54, 1.807) is 0 Å². The van der Waals surface area contributed by atoms with Crippen LogP contribution in [0.15, 0.2) is 53.0 Å². The number of hydrogen-bond donors (Lipinski definition) is 1. The summed E-state index contributed by atoms with van der Waals surface area (Å²) in [6, 6.07) is 16.3. The Hall–Kier alpha value is -1.48. The molecule has 0 saturated heterocycles. The van der Waals surface area contributed by atoms with Crippen LogP contribution in [0.4, 0.5) is 5.69 Å². The Morgan fingerprint density at radius 1 is 1.10 bits per heavy atom. The van der Waals surface area contributed by atoms with Crippen molar-refractivity contribution in [2.75, 3.05) is 18.5 Å². The molecule has 0 amide bonds. The third-order valence-corrected chi connectivity index (χ3v) is 3.55. The van der Waals surface area contributed by atoms with Gasteiger partial charge in [-0.3, -0.25) is 0 Å². The predicted molar refractivity (Wildman–Crippen MR) is 88.7 cm³/mol. The molecule has 1 N–H and O–H groups in total. The minimum absolute atomic E-state index is 0.449. The molecule has 0 spiro atoms. The molecular formula is C17H20BrNO. The van der Waals surface area contributed by atoms with Gasteiger partial charge in [0.15, 0.2) is 0 Å². The lowest BCUT2D eigenvalue weighted by Gasteiger charge is -2.15. The maximum absolute atomic E-state index is 5.89. The fourth-order valence-electron chi connectivity index (χ4n) is 2.01. The minimum Gasteiger partial charge on any atom is -0.491 e. The summed E-state index contributed by atoms with van der Waals surface area (Å²) in [5.41, 5.74) is 2.36. The number of anilines is 1. The van der Waals surface area contributed by atoms with Crippen LogP contribution >= 0.6 is 15.9 Å². The molecule has 0 aliphatic carbocycles. The molecule has 0 saturated carbocycles. The monoisotopic (exact) mass is 333 g/mol. The second-order valence-corrected chi connectivity index (χ2v) is 5.89. The van der Waals surface area contributed by atoms with Crippen molar-refractivity contribution in [3.8, 4) is 5.75 Å². The van der Waals surface area contributed by atoms with Crippen molar-refractivity contribution in [1.82, 2.24) is 0 Å². The van der Waals surface area contributed by atoms with Gasteiger partial charge in [-0.05, 0) is 41.8 Å². The van der Waals surface area contributed by atoms with Crippen molar-refractivity contribution in [1.29, 1.82) is 0 Å². The number of rotatable bonds is 6. The van der Waals surface area contributed by atoms with Crippen LogP contribution in [-0.2, 0) is 0 Å². The zero-order valence-corrected chi connectivity index (χ0v) is 13.5. The molecule has 2 rings (SSSR count). The Morgan fingerprint density at radius 3 is 2.55 bits per heavy atom. The van der Waals surface area contributed by atoms with Gasteiger partial charge < -0.3 is 10.1 Å². The quantitative estimate of drug-likeness (QED) is 0.745. The molecule has 0 aliphatic heterocycles. The van der Waals surface area contributed by atoms with Crippen molar-refractivity contribution in [3.05, 3.63) is 58.6 Å². The first-order valence-electron chi connectivity index (χ1n) is 6.88. The van der Waals surface area contributed by atoms with Crippen LogP contribution in [0.3, 0.4) is 0 Å². The average molecular weight is 334 g/mol. The number of benzene rings is 2. The van der Waals surface area contributed by atoms with E-state index in [2.05, 4.69) is 53.3 Å². The van der Waals surface area contributed by atoms with Gasteiger partial charge in [0.2, 0.25) is 0 Å². The first-order valence-corrected chi connectivity index (χ1v) is 7.67. The van der Waals surface area contributed by atoms with Gasteiger partial charge in [-0.15, -0.1) is 0 Å². The lowest BCUT2D eigenvalue weighted by Crippen LogP contribution is -2.12. The summed E-state index contributed by atoms with van der Waals surface area (Å²) in [7, 11) is 0. The molecule has 0 aliphatic rings. The minimum atomic E-state index is 0.449. The van der Waals surface area contributed by atoms with E-state index >= 15 is 0 Å². The highest BCUT2D eigenvalue weighted by Gasteiger charge is 2.08. The zero-order valence-electron chi connectivity index (χ0n) is 11.9. The molecule has 106 valence electrons. The Balaban J connectivity index is 1.88. The lowest BCUT2D eigenvalue weighted by molar-refractivity contribution is 0.328. The number of ether oxygens (including phenoxy) is 1. The van der Waals surface area contributed by atoms with E-state index in [1.165, 1.54) is 5.56 Å². The van der Waals surface area contributed by atoms with Crippen LogP contribution in [-0.4, -0.2) is 13.2 Å². The first kappa shape index (κ1) is 14.9. The highest BCUT2D eigenvalue weighted by Crippen LogP contribution is 2.29. The molecule has 3 heteroatoms. The average Bonchev–Trinajstić information content (AvgIpc) is 2.45. The predicted octanol–water partition coefficient (Wildman–Crippen LogP) is 5.06. The van der Waals surface area contributed by atoms with Gasteiger partial charge in [-0.2, -0.15) is 0 Å². The summed E-state index contributed by atoms with van der Waals surface area (Å²) >= 11 is 3.51. The molecule has 0 fully saturated rings. The Labute approximate surface area is 129 Å². The Morgan fingerprint density at radius 2 is 1.85 bits per heavy atom. The zero-order chi connectivity index (χ0) is 14.4. The molecule has 0 unspecified atom stereocenters. The molecule has 0 heterocycles. The smallest absolute Gasteiger partial charge is 0.122 e. The van der Waals surface area contributed by atoms with Gasteiger partial charge in [0.05, 0.1) is 0 Å². The topological polar surface area (TPSA) is 21.3 Å². The van der Waals surface area contributed by atoms with E-state index in [0.29, 0.717) is 12.5 Å². The van der Waals surface area contributed by atoms with Crippen molar-refractivity contribution in [3.63, 3.8) is 0 Å². The molecule has 2 aromatic carbocycles. The third kappa shape index (κ3) is 4.27. The SMILES string of the molecule is CC(C)c1cc(Br)ccc1OCCNc1ccccc1. The van der Waals surface area contributed by atoms with Gasteiger partial charge in [0.1, 0.15) is 12.4 Å². The third-order valence-electron chi connectivity index (χ3n) is 3.06. The standard InChI is InChI=1S/C17H20BrNO/c1-13(2)16-12-14(18)8-9-17(16)20-11-10-19-15-6-4-3-5-7-15/h3-9,12-13,19H,10-11H2,1-2H3. The molecule has 2 aromatic rings. The summed E-state index contributed by atoms with van der Waals surface area (Å²) in [4.78, 5) is 0. The Bertz CT molecular complexity index is 540. The number of hydrogen-bond acceptors (Lipinski definition) is 2. The van der Waals surface area contributed by atoms with Gasteiger partial charge in [-0.1, -0.05) is 48.0 Å². The summed E-state index contributed by atoms with van der Waals surface area (Å²) in [5, 5.41) is 3.34. The molecule has 0 atom stereocenters. The number of para-hydroxylation sites is 1. The van der Waals surface area contributed by atoms with Crippen LogP contribution in [0, 0.1) is 0 Å². The van der Waals surface area contributed by atoms with Gasteiger partial charge in [0.25, 0.3) is 0 Å². The van der Waals surface area contributed by atoms with E-state index in [9.17, 15) is 0 Å². The van der Waals surface area contributed by atoms with E-state index in [-0.39, 0.29) is 0 Å². The van der Waals surface area contributed by atoms with Gasteiger partial charge in [0, 0.05) is 16.7 Å². The maximum atomic E-state index is 5.89.